The molecule has 0 radical (unpaired) electrons. The van der Waals surface area contributed by atoms with Crippen molar-refractivity contribution < 1.29 is 19.4 Å². The Balaban J connectivity index is 1.50. The molecule has 2 N–H and O–H groups in total. The maximum absolute atomic E-state index is 12.8. The second-order valence-corrected chi connectivity index (χ2v) is 8.62. The van der Waals surface area contributed by atoms with Crippen LogP contribution in [0.2, 0.25) is 0 Å². The van der Waals surface area contributed by atoms with Crippen LogP contribution in [0.1, 0.15) is 36.0 Å². The standard InChI is InChI=1S/C29H29N3O4/c33-26(31-20-23-12-4-1-5-13-23)25-21-36-27(32-25)29(28(34)35,24-15-7-2-8-16-24)17-9-3-6-11-22-14-10-18-30-19-22/h1-2,4-8,10-16,18-19,25H,3,9,17,20-21H2,(H,31,33)(H,34,35). The molecule has 36 heavy (non-hydrogen) atoms. The van der Waals surface area contributed by atoms with Gasteiger partial charge in [-0.25, -0.2) is 4.99 Å². The number of aliphatic carboxylic acids is 1. The first kappa shape index (κ1) is 24.9. The van der Waals surface area contributed by atoms with Crippen LogP contribution in [0.4, 0.5) is 0 Å². The Morgan fingerprint density at radius 2 is 1.81 bits per heavy atom. The molecule has 184 valence electrons. The predicted molar refractivity (Wildman–Crippen MR) is 138 cm³/mol. The lowest BCUT2D eigenvalue weighted by atomic mass is 9.76. The van der Waals surface area contributed by atoms with Crippen LogP contribution in [0.15, 0.2) is 96.3 Å². The van der Waals surface area contributed by atoms with Crippen LogP contribution in [0, 0.1) is 0 Å². The van der Waals surface area contributed by atoms with Gasteiger partial charge in [0.1, 0.15) is 6.61 Å². The van der Waals surface area contributed by atoms with Crippen LogP contribution < -0.4 is 5.32 Å². The summed E-state index contributed by atoms with van der Waals surface area (Å²) in [6.45, 7) is 0.381. The number of amides is 1. The number of ether oxygens (including phenoxy) is 1. The molecule has 0 aliphatic carbocycles. The quantitative estimate of drug-likeness (QED) is 0.394. The average Bonchev–Trinajstić information content (AvgIpc) is 3.42. The number of unbranched alkanes of at least 4 members (excludes halogenated alkanes) is 1. The first-order valence-electron chi connectivity index (χ1n) is 12.0. The largest absolute Gasteiger partial charge is 0.480 e. The molecule has 0 saturated heterocycles. The number of aromatic nitrogens is 1. The minimum atomic E-state index is -1.47. The fourth-order valence-corrected chi connectivity index (χ4v) is 4.24. The minimum absolute atomic E-state index is 0.0126. The van der Waals surface area contributed by atoms with E-state index in [0.717, 1.165) is 11.1 Å². The minimum Gasteiger partial charge on any atom is -0.480 e. The monoisotopic (exact) mass is 483 g/mol. The Hall–Kier alpha value is -4.26. The van der Waals surface area contributed by atoms with Crippen LogP contribution >= 0.6 is 0 Å². The number of carbonyl (C=O) groups is 2. The zero-order chi connectivity index (χ0) is 25.2. The number of nitrogens with one attached hydrogen (secondary N) is 1. The number of nitrogens with zero attached hydrogens (tertiary/aromatic N) is 2. The number of carboxylic acid groups (broad SMARTS) is 1. The summed E-state index contributed by atoms with van der Waals surface area (Å²) in [5.74, 6) is -1.26. The van der Waals surface area contributed by atoms with Crippen molar-refractivity contribution in [1.82, 2.24) is 10.3 Å². The normalized spacial score (nSPS) is 16.7. The van der Waals surface area contributed by atoms with Gasteiger partial charge in [0.15, 0.2) is 11.5 Å². The molecule has 7 heteroatoms. The van der Waals surface area contributed by atoms with Crippen molar-refractivity contribution in [3.8, 4) is 0 Å². The zero-order valence-corrected chi connectivity index (χ0v) is 19.9. The lowest BCUT2D eigenvalue weighted by Crippen LogP contribution is -2.44. The van der Waals surface area contributed by atoms with Crippen molar-refractivity contribution in [2.45, 2.75) is 37.3 Å². The lowest BCUT2D eigenvalue weighted by molar-refractivity contribution is -0.141. The molecule has 2 unspecified atom stereocenters. The molecular formula is C29H29N3O4. The number of benzene rings is 2. The van der Waals surface area contributed by atoms with E-state index in [1.165, 1.54) is 0 Å². The number of rotatable bonds is 11. The summed E-state index contributed by atoms with van der Waals surface area (Å²) < 4.78 is 5.83. The molecule has 2 heterocycles. The number of allylic oxidation sites excluding steroid dienone is 1. The van der Waals surface area contributed by atoms with Crippen LogP contribution in [-0.4, -0.2) is 40.5 Å². The predicted octanol–water partition coefficient (Wildman–Crippen LogP) is 4.40. The lowest BCUT2D eigenvalue weighted by Gasteiger charge is -2.29. The Bertz CT molecular complexity index is 1210. The summed E-state index contributed by atoms with van der Waals surface area (Å²) in [7, 11) is 0. The Morgan fingerprint density at radius 1 is 1.06 bits per heavy atom. The first-order chi connectivity index (χ1) is 17.6. The molecule has 4 rings (SSSR count). The number of aliphatic imine (C=N–C) groups is 1. The van der Waals surface area contributed by atoms with Crippen molar-refractivity contribution in [2.24, 2.45) is 4.99 Å². The topological polar surface area (TPSA) is 101 Å². The maximum atomic E-state index is 12.8. The average molecular weight is 484 g/mol. The SMILES string of the molecule is O=C(NCc1ccccc1)C1COC(C(CCCC=Cc2cccnc2)(C(=O)O)c2ccccc2)=N1. The number of hydrogen-bond donors (Lipinski definition) is 2. The van der Waals surface area contributed by atoms with E-state index in [2.05, 4.69) is 15.3 Å². The third-order valence-electron chi connectivity index (χ3n) is 6.18. The summed E-state index contributed by atoms with van der Waals surface area (Å²) in [4.78, 5) is 34.2. The summed E-state index contributed by atoms with van der Waals surface area (Å²) >= 11 is 0. The molecule has 2 aromatic carbocycles. The van der Waals surface area contributed by atoms with Crippen LogP contribution in [0.25, 0.3) is 6.08 Å². The highest BCUT2D eigenvalue weighted by Gasteiger charge is 2.49. The van der Waals surface area contributed by atoms with E-state index in [0.29, 0.717) is 24.9 Å². The van der Waals surface area contributed by atoms with Crippen molar-refractivity contribution in [3.05, 3.63) is 108 Å². The van der Waals surface area contributed by atoms with Crippen LogP contribution in [-0.2, 0) is 26.3 Å². The third-order valence-corrected chi connectivity index (χ3v) is 6.18. The highest BCUT2D eigenvalue weighted by molar-refractivity contribution is 6.09. The summed E-state index contributed by atoms with van der Waals surface area (Å²) in [5, 5.41) is 13.3. The molecular weight excluding hydrogens is 454 g/mol. The Kier molecular flexibility index (Phi) is 8.24. The molecule has 0 spiro atoms. The van der Waals surface area contributed by atoms with Crippen LogP contribution in [0.3, 0.4) is 0 Å². The molecule has 1 aliphatic rings. The van der Waals surface area contributed by atoms with Gasteiger partial charge in [0, 0.05) is 18.9 Å². The molecule has 0 bridgehead atoms. The van der Waals surface area contributed by atoms with Gasteiger partial charge in [-0.05, 0) is 42.0 Å². The van der Waals surface area contributed by atoms with Gasteiger partial charge in [-0.2, -0.15) is 0 Å². The number of pyridine rings is 1. The fraction of sp³-hybridized carbons (Fsp3) is 0.241. The van der Waals surface area contributed by atoms with Gasteiger partial charge in [-0.3, -0.25) is 14.6 Å². The van der Waals surface area contributed by atoms with Gasteiger partial charge in [0.25, 0.3) is 0 Å². The van der Waals surface area contributed by atoms with Gasteiger partial charge in [-0.1, -0.05) is 78.9 Å². The summed E-state index contributed by atoms with van der Waals surface area (Å²) in [6.07, 6.45) is 9.00. The number of hydrogen-bond acceptors (Lipinski definition) is 5. The molecule has 2 atom stereocenters. The Morgan fingerprint density at radius 3 is 2.50 bits per heavy atom. The van der Waals surface area contributed by atoms with Gasteiger partial charge in [0.2, 0.25) is 11.8 Å². The summed E-state index contributed by atoms with van der Waals surface area (Å²) in [6, 6.07) is 21.6. The second-order valence-electron chi connectivity index (χ2n) is 8.62. The first-order valence-corrected chi connectivity index (χ1v) is 12.0. The highest BCUT2D eigenvalue weighted by atomic mass is 16.5. The third kappa shape index (κ3) is 5.86. The maximum Gasteiger partial charge on any atom is 0.323 e. The molecule has 1 aromatic heterocycles. The van der Waals surface area contributed by atoms with E-state index < -0.39 is 17.4 Å². The van der Waals surface area contributed by atoms with E-state index in [-0.39, 0.29) is 24.8 Å². The van der Waals surface area contributed by atoms with Gasteiger partial charge in [0.05, 0.1) is 0 Å². The zero-order valence-electron chi connectivity index (χ0n) is 19.9. The van der Waals surface area contributed by atoms with Crippen molar-refractivity contribution in [2.75, 3.05) is 6.61 Å². The van der Waals surface area contributed by atoms with Crippen molar-refractivity contribution >= 4 is 23.9 Å². The fourth-order valence-electron chi connectivity index (χ4n) is 4.24. The van der Waals surface area contributed by atoms with Crippen molar-refractivity contribution in [1.29, 1.82) is 0 Å². The van der Waals surface area contributed by atoms with E-state index >= 15 is 0 Å². The number of carbonyl (C=O) groups excluding carboxylic acids is 1. The Labute approximate surface area is 210 Å². The highest BCUT2D eigenvalue weighted by Crippen LogP contribution is 2.35. The molecule has 7 nitrogen and oxygen atoms in total. The number of carboxylic acids is 1. The smallest absolute Gasteiger partial charge is 0.323 e. The van der Waals surface area contributed by atoms with Gasteiger partial charge < -0.3 is 15.2 Å². The molecule has 1 aliphatic heterocycles. The van der Waals surface area contributed by atoms with Crippen molar-refractivity contribution in [3.63, 3.8) is 0 Å². The van der Waals surface area contributed by atoms with E-state index in [1.807, 2.05) is 60.7 Å². The molecule has 0 saturated carbocycles. The second kappa shape index (κ2) is 11.9. The molecule has 0 fully saturated rings. The van der Waals surface area contributed by atoms with Crippen LogP contribution in [0.5, 0.6) is 0 Å². The van der Waals surface area contributed by atoms with E-state index in [9.17, 15) is 14.7 Å². The van der Waals surface area contributed by atoms with Gasteiger partial charge in [-0.15, -0.1) is 0 Å². The molecule has 3 aromatic rings. The van der Waals surface area contributed by atoms with Gasteiger partial charge >= 0.3 is 5.97 Å². The molecule has 1 amide bonds. The van der Waals surface area contributed by atoms with E-state index in [1.54, 1.807) is 36.7 Å². The van der Waals surface area contributed by atoms with E-state index in [4.69, 9.17) is 4.74 Å². The summed E-state index contributed by atoms with van der Waals surface area (Å²) in [5.41, 5.74) is 1.06.